The first kappa shape index (κ1) is 55.5. The highest BCUT2D eigenvalue weighted by molar-refractivity contribution is 7.81. The zero-order valence-corrected chi connectivity index (χ0v) is 43.0. The molecule has 6 rings (SSSR count). The highest BCUT2D eigenvalue weighted by Gasteiger charge is 2.53. The Morgan fingerprint density at radius 2 is 1.65 bits per heavy atom. The van der Waals surface area contributed by atoms with Gasteiger partial charge in [0.15, 0.2) is 10.9 Å². The van der Waals surface area contributed by atoms with Crippen LogP contribution in [0.4, 0.5) is 28.9 Å². The molecule has 2 aliphatic rings. The van der Waals surface area contributed by atoms with E-state index in [9.17, 15) is 32.3 Å². The topological polar surface area (TPSA) is 189 Å². The maximum absolute atomic E-state index is 15.4. The van der Waals surface area contributed by atoms with Crippen LogP contribution < -0.4 is 25.2 Å². The molecule has 2 fully saturated rings. The molecule has 0 saturated carbocycles. The number of thiocarbonyl (C=S) groups is 1. The molecular weight excluding hydrogens is 1000 g/mol. The Morgan fingerprint density at radius 3 is 2.25 bits per heavy atom. The number of aromatic nitrogens is 2. The number of hydrogen-bond donors (Lipinski definition) is 2. The number of aryl methyl sites for hydroxylation is 1. The molecule has 4 aromatic rings. The van der Waals surface area contributed by atoms with E-state index in [-0.39, 0.29) is 85.7 Å². The number of pyridine rings is 1. The average Bonchev–Trinajstić information content (AvgIpc) is 3.98. The van der Waals surface area contributed by atoms with Crippen LogP contribution in [0.5, 0.6) is 5.88 Å². The predicted octanol–water partition coefficient (Wildman–Crippen LogP) is 7.63. The number of carbonyl (C=O) groups excluding carboxylic acids is 4. The largest absolute Gasteiger partial charge is 0.475 e. The van der Waals surface area contributed by atoms with Crippen LogP contribution in [0.15, 0.2) is 54.2 Å². The molecule has 2 aromatic heterocycles. The van der Waals surface area contributed by atoms with E-state index in [1.165, 1.54) is 37.1 Å². The monoisotopic (exact) mass is 1060 g/mol. The fourth-order valence-corrected chi connectivity index (χ4v) is 9.74. The van der Waals surface area contributed by atoms with Crippen LogP contribution in [0.3, 0.4) is 0 Å². The Morgan fingerprint density at radius 1 is 1.00 bits per heavy atom. The molecule has 0 aliphatic carbocycles. The van der Waals surface area contributed by atoms with Crippen LogP contribution in [-0.4, -0.2) is 114 Å². The molecule has 386 valence electrons. The number of carbonyl (C=O) groups is 4. The lowest BCUT2D eigenvalue weighted by molar-refractivity contribution is -0.144. The van der Waals surface area contributed by atoms with Gasteiger partial charge in [0.1, 0.15) is 36.4 Å². The van der Waals surface area contributed by atoms with Gasteiger partial charge in [0.2, 0.25) is 23.6 Å². The van der Waals surface area contributed by atoms with Crippen LogP contribution in [0.25, 0.3) is 10.4 Å². The summed E-state index contributed by atoms with van der Waals surface area (Å²) in [5.41, 5.74) is -0.922. The summed E-state index contributed by atoms with van der Waals surface area (Å²) in [5.74, 6) is -3.59. The van der Waals surface area contributed by atoms with Crippen molar-refractivity contribution in [2.45, 2.75) is 85.2 Å². The number of ether oxygens (including phenoxy) is 4. The van der Waals surface area contributed by atoms with Gasteiger partial charge in [-0.1, -0.05) is 63.6 Å². The SMILES string of the molecule is Cc1ncsc1-c1ccc(CNC(=O)[C@@H]2C[C@@H](C)CN2C(=O)[C@@H](NC(=O)COCCOCCOCCOc2cc(Cl)c(N3C(=S)N(c4ccc(C#N)c(C(F)(F)F)c4F)C(=O)C3(C)C)cn2)C(C)(C)C)cc1. The zero-order chi connectivity index (χ0) is 52.7. The van der Waals surface area contributed by atoms with Crippen molar-refractivity contribution in [3.05, 3.63) is 87.4 Å². The van der Waals surface area contributed by atoms with Gasteiger partial charge >= 0.3 is 6.18 Å². The number of rotatable bonds is 20. The lowest BCUT2D eigenvalue weighted by Gasteiger charge is -2.35. The number of amides is 4. The van der Waals surface area contributed by atoms with E-state index >= 15 is 4.39 Å². The van der Waals surface area contributed by atoms with E-state index in [0.717, 1.165) is 33.8 Å². The molecule has 2 saturated heterocycles. The van der Waals surface area contributed by atoms with Crippen molar-refractivity contribution in [1.29, 1.82) is 5.26 Å². The lowest BCUT2D eigenvalue weighted by atomic mass is 9.85. The van der Waals surface area contributed by atoms with Crippen molar-refractivity contribution in [3.8, 4) is 22.4 Å². The first-order valence-corrected chi connectivity index (χ1v) is 24.5. The third-order valence-electron chi connectivity index (χ3n) is 11.9. The van der Waals surface area contributed by atoms with Crippen molar-refractivity contribution in [2.24, 2.45) is 11.3 Å². The standard InChI is InChI=1S/C49H55ClF4N8O8S2/c1-28-20-35(43(64)57-23-30-8-10-31(11-9-30)41-29(2)58-27-72-41)60(25-28)44(65)42(47(3,4)5)59-37(63)26-69-17-16-67-14-15-68-18-19-70-38-21-33(50)36(24-56-38)62-46(71)61(45(66)48(62,6)7)34-13-12-32(22-55)39(40(34)51)49(52,53)54/h8-13,21,24,27-28,35,42H,14-20,23,25-26H2,1-7H3,(H,57,64)(H,59,63)/t28-,35+,42-/m1/s1. The third kappa shape index (κ3) is 12.8. The third-order valence-corrected chi connectivity index (χ3v) is 13.5. The summed E-state index contributed by atoms with van der Waals surface area (Å²) in [6, 6.07) is 10.6. The Bertz CT molecular complexity index is 2700. The van der Waals surface area contributed by atoms with E-state index in [1.54, 1.807) is 16.2 Å². The summed E-state index contributed by atoms with van der Waals surface area (Å²) < 4.78 is 78.9. The molecule has 0 spiro atoms. The Labute approximate surface area is 428 Å². The number of nitriles is 1. The molecule has 72 heavy (non-hydrogen) atoms. The van der Waals surface area contributed by atoms with E-state index in [1.807, 2.05) is 64.4 Å². The minimum atomic E-state index is -5.23. The fourth-order valence-electron chi connectivity index (χ4n) is 8.19. The quantitative estimate of drug-likeness (QED) is 0.0500. The van der Waals surface area contributed by atoms with Gasteiger partial charge < -0.3 is 39.4 Å². The molecule has 2 aromatic carbocycles. The average molecular weight is 1060 g/mol. The van der Waals surface area contributed by atoms with E-state index < -0.39 is 63.7 Å². The second kappa shape index (κ2) is 23.4. The number of benzene rings is 2. The number of thiazole rings is 1. The fraction of sp³-hybridized carbons (Fsp3) is 0.469. The van der Waals surface area contributed by atoms with Gasteiger partial charge in [0.05, 0.1) is 83.3 Å². The number of hydrogen-bond acceptors (Lipinski definition) is 13. The van der Waals surface area contributed by atoms with Crippen molar-refractivity contribution in [1.82, 2.24) is 25.5 Å². The van der Waals surface area contributed by atoms with Gasteiger partial charge in [0.25, 0.3) is 5.91 Å². The first-order valence-electron chi connectivity index (χ1n) is 22.8. The summed E-state index contributed by atoms with van der Waals surface area (Å²) in [4.78, 5) is 67.2. The van der Waals surface area contributed by atoms with Crippen molar-refractivity contribution in [2.75, 3.05) is 62.6 Å². The smallest absolute Gasteiger partial charge is 0.420 e. The van der Waals surface area contributed by atoms with Crippen molar-refractivity contribution in [3.63, 3.8) is 0 Å². The van der Waals surface area contributed by atoms with Gasteiger partial charge in [-0.3, -0.25) is 24.1 Å². The van der Waals surface area contributed by atoms with Gasteiger partial charge in [-0.15, -0.1) is 11.3 Å². The molecule has 0 radical (unpaired) electrons. The molecule has 3 atom stereocenters. The predicted molar refractivity (Wildman–Crippen MR) is 265 cm³/mol. The maximum atomic E-state index is 15.4. The van der Waals surface area contributed by atoms with Crippen LogP contribution >= 0.6 is 35.2 Å². The number of nitrogens with zero attached hydrogens (tertiary/aromatic N) is 6. The summed E-state index contributed by atoms with van der Waals surface area (Å²) in [7, 11) is 0. The molecule has 2 aliphatic heterocycles. The molecule has 4 amide bonds. The number of likely N-dealkylation sites (tertiary alicyclic amines) is 1. The van der Waals surface area contributed by atoms with Gasteiger partial charge in [-0.2, -0.15) is 18.4 Å². The summed E-state index contributed by atoms with van der Waals surface area (Å²) >= 11 is 13.6. The molecule has 0 unspecified atom stereocenters. The molecule has 16 nitrogen and oxygen atoms in total. The first-order chi connectivity index (χ1) is 33.9. The van der Waals surface area contributed by atoms with Gasteiger partial charge in [0, 0.05) is 19.2 Å². The minimum Gasteiger partial charge on any atom is -0.475 e. The van der Waals surface area contributed by atoms with E-state index in [0.29, 0.717) is 24.4 Å². The zero-order valence-electron chi connectivity index (χ0n) is 40.7. The second-order valence-electron chi connectivity index (χ2n) is 18.7. The van der Waals surface area contributed by atoms with Gasteiger partial charge in [-0.05, 0) is 74.0 Å². The molecule has 2 N–H and O–H groups in total. The number of halogens is 5. The van der Waals surface area contributed by atoms with Crippen molar-refractivity contribution >= 4 is 75.3 Å². The normalized spacial score (nSPS) is 17.3. The van der Waals surface area contributed by atoms with E-state index in [2.05, 4.69) is 20.6 Å². The summed E-state index contributed by atoms with van der Waals surface area (Å²) in [5, 5.41) is 14.6. The lowest BCUT2D eigenvalue weighted by Crippen LogP contribution is -2.58. The summed E-state index contributed by atoms with van der Waals surface area (Å²) in [6.45, 7) is 13.5. The molecule has 0 bridgehead atoms. The molecular formula is C49H55ClF4N8O8S2. The van der Waals surface area contributed by atoms with Crippen molar-refractivity contribution < 1.29 is 55.7 Å². The highest BCUT2D eigenvalue weighted by atomic mass is 35.5. The van der Waals surface area contributed by atoms with Crippen LogP contribution in [0.1, 0.15) is 70.3 Å². The van der Waals surface area contributed by atoms with Crippen LogP contribution in [-0.2, 0) is 46.1 Å². The Hall–Kier alpha value is -5.83. The Balaban J connectivity index is 0.886. The summed E-state index contributed by atoms with van der Waals surface area (Å²) in [6.07, 6.45) is -3.48. The maximum Gasteiger partial charge on any atom is 0.420 e. The molecule has 23 heteroatoms. The molecule has 4 heterocycles. The Kier molecular flexibility index (Phi) is 18.0. The second-order valence-corrected chi connectivity index (χ2v) is 20.4. The van der Waals surface area contributed by atoms with E-state index in [4.69, 9.17) is 48.0 Å². The number of anilines is 2. The number of alkyl halides is 3. The minimum absolute atomic E-state index is 0.0156. The number of nitrogens with one attached hydrogen (secondary N) is 2. The van der Waals surface area contributed by atoms with Gasteiger partial charge in [-0.25, -0.2) is 14.4 Å². The van der Waals surface area contributed by atoms with Crippen LogP contribution in [0.2, 0.25) is 5.02 Å². The van der Waals surface area contributed by atoms with Crippen LogP contribution in [0, 0.1) is 35.4 Å². The highest BCUT2D eigenvalue weighted by Crippen LogP contribution is 2.43.